The number of halogens is 3. The molecule has 1 atom stereocenters. The molecule has 116 valence electrons. The third-order valence-electron chi connectivity index (χ3n) is 2.30. The minimum absolute atomic E-state index is 0.0920. The van der Waals surface area contributed by atoms with Crippen molar-refractivity contribution >= 4 is 11.8 Å². The van der Waals surface area contributed by atoms with Gasteiger partial charge in [-0.05, 0) is 6.92 Å². The van der Waals surface area contributed by atoms with Crippen molar-refractivity contribution in [3.63, 3.8) is 0 Å². The summed E-state index contributed by atoms with van der Waals surface area (Å²) in [6.45, 7) is 0.439. The number of aryl methyl sites for hydroxylation is 1. The average molecular weight is 306 g/mol. The van der Waals surface area contributed by atoms with Crippen LogP contribution in [0.3, 0.4) is 0 Å². The molecule has 0 radical (unpaired) electrons. The number of nitrogens with one attached hydrogen (secondary N) is 2. The first-order valence-electron chi connectivity index (χ1n) is 5.78. The Balaban J connectivity index is 2.56. The summed E-state index contributed by atoms with van der Waals surface area (Å²) in [6, 6.07) is 0. The van der Waals surface area contributed by atoms with Crippen LogP contribution in [-0.4, -0.2) is 46.2 Å². The van der Waals surface area contributed by atoms with Gasteiger partial charge in [0.15, 0.2) is 0 Å². The van der Waals surface area contributed by atoms with Gasteiger partial charge in [-0.2, -0.15) is 0 Å². The Morgan fingerprint density at radius 2 is 2.05 bits per heavy atom. The maximum absolute atomic E-state index is 12.5. The summed E-state index contributed by atoms with van der Waals surface area (Å²) in [4.78, 5) is 30.4. The molecule has 1 aromatic heterocycles. The molecule has 2 amide bonds. The summed E-state index contributed by atoms with van der Waals surface area (Å²) < 4.78 is 36.3. The van der Waals surface area contributed by atoms with Crippen LogP contribution >= 0.6 is 0 Å². The normalized spacial score (nSPS) is 12.1. The smallest absolute Gasteiger partial charge is 0.287 e. The standard InChI is InChI=1S/C11H13F3N4O3/c1-5-8(15-2-6(4-19)17-5)11(21)16-3-7(20)18-10(14)9(12)13/h2,9-10,19H,3-4H2,1H3,(H,16,21)(H,18,20). The zero-order valence-electron chi connectivity index (χ0n) is 10.9. The molecule has 21 heavy (non-hydrogen) atoms. The number of rotatable bonds is 6. The number of alkyl halides is 3. The van der Waals surface area contributed by atoms with Crippen LogP contribution < -0.4 is 10.6 Å². The fourth-order valence-electron chi connectivity index (χ4n) is 1.34. The molecule has 7 nitrogen and oxygen atoms in total. The fourth-order valence-corrected chi connectivity index (χ4v) is 1.34. The van der Waals surface area contributed by atoms with Gasteiger partial charge in [-0.3, -0.25) is 14.6 Å². The van der Waals surface area contributed by atoms with Crippen molar-refractivity contribution in [1.82, 2.24) is 20.6 Å². The Kier molecular flexibility index (Phi) is 6.03. The van der Waals surface area contributed by atoms with E-state index in [1.54, 1.807) is 0 Å². The second-order valence-electron chi connectivity index (χ2n) is 3.94. The van der Waals surface area contributed by atoms with Crippen LogP contribution in [0.4, 0.5) is 13.2 Å². The Morgan fingerprint density at radius 1 is 1.38 bits per heavy atom. The maximum Gasteiger partial charge on any atom is 0.287 e. The quantitative estimate of drug-likeness (QED) is 0.625. The van der Waals surface area contributed by atoms with E-state index in [9.17, 15) is 22.8 Å². The number of carbonyl (C=O) groups excluding carboxylic acids is 2. The van der Waals surface area contributed by atoms with E-state index >= 15 is 0 Å². The van der Waals surface area contributed by atoms with E-state index in [0.717, 1.165) is 0 Å². The van der Waals surface area contributed by atoms with Crippen molar-refractivity contribution in [3.05, 3.63) is 23.3 Å². The lowest BCUT2D eigenvalue weighted by molar-refractivity contribution is -0.124. The molecule has 0 spiro atoms. The number of aliphatic hydroxyl groups excluding tert-OH is 1. The van der Waals surface area contributed by atoms with E-state index in [2.05, 4.69) is 15.3 Å². The molecule has 1 rings (SSSR count). The van der Waals surface area contributed by atoms with Gasteiger partial charge in [0.2, 0.25) is 12.2 Å². The zero-order valence-corrected chi connectivity index (χ0v) is 10.9. The maximum atomic E-state index is 12.5. The van der Waals surface area contributed by atoms with Gasteiger partial charge in [0.05, 0.1) is 30.7 Å². The Labute approximate surface area is 117 Å². The van der Waals surface area contributed by atoms with Gasteiger partial charge in [-0.1, -0.05) is 0 Å². The van der Waals surface area contributed by atoms with Crippen LogP contribution in [0.1, 0.15) is 21.9 Å². The third-order valence-corrected chi connectivity index (χ3v) is 2.30. The topological polar surface area (TPSA) is 104 Å². The van der Waals surface area contributed by atoms with Crippen LogP contribution in [0.2, 0.25) is 0 Å². The van der Waals surface area contributed by atoms with Gasteiger partial charge < -0.3 is 15.7 Å². The zero-order chi connectivity index (χ0) is 16.0. The van der Waals surface area contributed by atoms with E-state index in [-0.39, 0.29) is 23.7 Å². The summed E-state index contributed by atoms with van der Waals surface area (Å²) in [7, 11) is 0. The summed E-state index contributed by atoms with van der Waals surface area (Å²) in [6.07, 6.45) is -4.96. The van der Waals surface area contributed by atoms with E-state index in [0.29, 0.717) is 0 Å². The first-order valence-corrected chi connectivity index (χ1v) is 5.78. The highest BCUT2D eigenvalue weighted by Crippen LogP contribution is 2.03. The van der Waals surface area contributed by atoms with E-state index in [1.807, 2.05) is 0 Å². The number of aromatic nitrogens is 2. The summed E-state index contributed by atoms with van der Waals surface area (Å²) in [5.74, 6) is -1.87. The minimum atomic E-state index is -3.34. The number of hydrogen-bond acceptors (Lipinski definition) is 5. The summed E-state index contributed by atoms with van der Waals surface area (Å²) in [5.41, 5.74) is 0.389. The monoisotopic (exact) mass is 306 g/mol. The van der Waals surface area contributed by atoms with Crippen LogP contribution in [0.25, 0.3) is 0 Å². The summed E-state index contributed by atoms with van der Waals surface area (Å²) in [5, 5.41) is 12.3. The van der Waals surface area contributed by atoms with Gasteiger partial charge >= 0.3 is 0 Å². The van der Waals surface area contributed by atoms with E-state index in [1.165, 1.54) is 18.4 Å². The lowest BCUT2D eigenvalue weighted by atomic mass is 10.3. The lowest BCUT2D eigenvalue weighted by Gasteiger charge is -2.10. The Bertz CT molecular complexity index is 527. The van der Waals surface area contributed by atoms with Crippen molar-refractivity contribution in [2.45, 2.75) is 26.3 Å². The van der Waals surface area contributed by atoms with Gasteiger partial charge in [0, 0.05) is 0 Å². The molecule has 1 heterocycles. The Morgan fingerprint density at radius 3 is 2.57 bits per heavy atom. The Hall–Kier alpha value is -2.23. The third kappa shape index (κ3) is 4.99. The highest BCUT2D eigenvalue weighted by molar-refractivity contribution is 5.95. The average Bonchev–Trinajstić information content (AvgIpc) is 2.44. The molecular formula is C11H13F3N4O3. The van der Waals surface area contributed by atoms with Crippen molar-refractivity contribution in [1.29, 1.82) is 0 Å². The first-order chi connectivity index (χ1) is 9.85. The predicted octanol–water partition coefficient (Wildman–Crippen LogP) is -0.316. The molecule has 1 unspecified atom stereocenters. The molecule has 3 N–H and O–H groups in total. The largest absolute Gasteiger partial charge is 0.390 e. The van der Waals surface area contributed by atoms with Crippen LogP contribution in [0.15, 0.2) is 6.20 Å². The van der Waals surface area contributed by atoms with Gasteiger partial charge in [-0.25, -0.2) is 18.2 Å². The molecule has 0 saturated carbocycles. The molecule has 1 aromatic rings. The molecule has 0 aromatic carbocycles. The molecule has 0 aliphatic heterocycles. The highest BCUT2D eigenvalue weighted by Gasteiger charge is 2.21. The molecule has 0 aliphatic rings. The van der Waals surface area contributed by atoms with Crippen molar-refractivity contribution in [3.8, 4) is 0 Å². The van der Waals surface area contributed by atoms with Crippen LogP contribution in [-0.2, 0) is 11.4 Å². The van der Waals surface area contributed by atoms with Gasteiger partial charge in [0.25, 0.3) is 12.3 Å². The molecule has 10 heteroatoms. The molecule has 0 fully saturated rings. The number of amides is 2. The molecule has 0 bridgehead atoms. The van der Waals surface area contributed by atoms with E-state index in [4.69, 9.17) is 5.11 Å². The second-order valence-corrected chi connectivity index (χ2v) is 3.94. The van der Waals surface area contributed by atoms with Crippen molar-refractivity contribution in [2.24, 2.45) is 0 Å². The summed E-state index contributed by atoms with van der Waals surface area (Å²) >= 11 is 0. The van der Waals surface area contributed by atoms with Crippen LogP contribution in [0, 0.1) is 6.92 Å². The number of hydrogen-bond donors (Lipinski definition) is 3. The van der Waals surface area contributed by atoms with Crippen LogP contribution in [0.5, 0.6) is 0 Å². The number of carbonyl (C=O) groups is 2. The second kappa shape index (κ2) is 7.53. The molecular weight excluding hydrogens is 293 g/mol. The molecule has 0 saturated heterocycles. The van der Waals surface area contributed by atoms with Gasteiger partial charge in [0.1, 0.15) is 5.69 Å². The number of aliphatic hydroxyl groups is 1. The SMILES string of the molecule is Cc1nc(CO)cnc1C(=O)NCC(=O)NC(F)C(F)F. The first kappa shape index (κ1) is 16.8. The molecule has 0 aliphatic carbocycles. The fraction of sp³-hybridized carbons (Fsp3) is 0.455. The van der Waals surface area contributed by atoms with Gasteiger partial charge in [-0.15, -0.1) is 0 Å². The highest BCUT2D eigenvalue weighted by atomic mass is 19.3. The predicted molar refractivity (Wildman–Crippen MR) is 64.1 cm³/mol. The lowest BCUT2D eigenvalue weighted by Crippen LogP contribution is -2.43. The minimum Gasteiger partial charge on any atom is -0.390 e. The number of nitrogens with zero attached hydrogens (tertiary/aromatic N) is 2. The van der Waals surface area contributed by atoms with E-state index < -0.39 is 31.1 Å². The van der Waals surface area contributed by atoms with Crippen molar-refractivity contribution < 1.29 is 27.9 Å². The van der Waals surface area contributed by atoms with Crippen molar-refractivity contribution in [2.75, 3.05) is 6.54 Å².